The van der Waals surface area contributed by atoms with Crippen molar-refractivity contribution in [2.24, 2.45) is 9.74 Å². The lowest BCUT2D eigenvalue weighted by Crippen LogP contribution is -2.20. The van der Waals surface area contributed by atoms with Crippen molar-refractivity contribution in [3.8, 4) is 0 Å². The quantitative estimate of drug-likeness (QED) is 0.458. The number of rotatable bonds is 0. The van der Waals surface area contributed by atoms with Crippen LogP contribution < -0.4 is 5.43 Å². The highest BCUT2D eigenvalue weighted by atomic mass is 32.2. The molecule has 0 saturated heterocycles. The number of nitrogens with zero attached hydrogens (tertiary/aromatic N) is 2. The summed E-state index contributed by atoms with van der Waals surface area (Å²) >= 11 is 1.15. The first-order valence-electron chi connectivity index (χ1n) is 1.70. The van der Waals surface area contributed by atoms with Gasteiger partial charge in [0.2, 0.25) is 0 Å². The van der Waals surface area contributed by atoms with Crippen LogP contribution in [0.5, 0.6) is 0 Å². The predicted molar refractivity (Wildman–Crippen MR) is 25.5 cm³/mol. The molecule has 1 rings (SSSR count). The molecule has 0 aromatic rings. The minimum Gasteiger partial charge on any atom is -0.272 e. The summed E-state index contributed by atoms with van der Waals surface area (Å²) in [6.45, 7) is 0. The van der Waals surface area contributed by atoms with Crippen LogP contribution in [0.15, 0.2) is 9.74 Å². The van der Waals surface area contributed by atoms with E-state index in [1.54, 1.807) is 0 Å². The molecular formula is C2H3N3OS. The molecule has 1 aliphatic heterocycles. The van der Waals surface area contributed by atoms with Crippen LogP contribution in [0.1, 0.15) is 0 Å². The lowest BCUT2D eigenvalue weighted by molar-refractivity contribution is -0.118. The van der Waals surface area contributed by atoms with Crippen molar-refractivity contribution >= 4 is 17.9 Å². The zero-order valence-corrected chi connectivity index (χ0v) is 4.23. The van der Waals surface area contributed by atoms with Crippen LogP contribution in [0, 0.1) is 0 Å². The van der Waals surface area contributed by atoms with E-state index in [0.29, 0.717) is 5.75 Å². The second-order valence-corrected chi connectivity index (χ2v) is 1.70. The predicted octanol–water partition coefficient (Wildman–Crippen LogP) is 0.132. The third-order valence-electron chi connectivity index (χ3n) is 0.469. The average Bonchev–Trinajstić information content (AvgIpc) is 1.69. The molecule has 0 aliphatic carbocycles. The fraction of sp³-hybridized carbons (Fsp3) is 0.500. The largest absolute Gasteiger partial charge is 0.272 e. The molecule has 5 heteroatoms. The Labute approximate surface area is 44.5 Å². The summed E-state index contributed by atoms with van der Waals surface area (Å²) in [5.41, 5.74) is 2.18. The Bertz CT molecular complexity index is 112. The second kappa shape index (κ2) is 1.92. The fourth-order valence-electron chi connectivity index (χ4n) is 0.225. The van der Waals surface area contributed by atoms with Crippen molar-refractivity contribution in [3.05, 3.63) is 0 Å². The van der Waals surface area contributed by atoms with Crippen LogP contribution in [0.4, 0.5) is 0 Å². The van der Waals surface area contributed by atoms with Crippen molar-refractivity contribution in [2.45, 2.75) is 0 Å². The minimum absolute atomic E-state index is 0.0833. The van der Waals surface area contributed by atoms with E-state index in [0.717, 1.165) is 11.9 Å². The number of nitrogens with one attached hydrogen (secondary N) is 1. The summed E-state index contributed by atoms with van der Waals surface area (Å²) in [6.07, 6.45) is 0. The SMILES string of the molecule is O=C1CSN=NN1. The van der Waals surface area contributed by atoms with Crippen LogP contribution in [0.3, 0.4) is 0 Å². The van der Waals surface area contributed by atoms with Gasteiger partial charge in [0.25, 0.3) is 5.91 Å². The first kappa shape index (κ1) is 4.58. The van der Waals surface area contributed by atoms with Crippen LogP contribution in [0.25, 0.3) is 0 Å². The van der Waals surface area contributed by atoms with Gasteiger partial charge in [-0.15, -0.1) is 0 Å². The Balaban J connectivity index is 2.47. The van der Waals surface area contributed by atoms with E-state index < -0.39 is 0 Å². The van der Waals surface area contributed by atoms with E-state index in [1.165, 1.54) is 0 Å². The topological polar surface area (TPSA) is 53.8 Å². The summed E-state index contributed by atoms with van der Waals surface area (Å²) in [6, 6.07) is 0. The molecule has 1 N–H and O–H groups in total. The molecule has 1 aliphatic rings. The minimum atomic E-state index is -0.0833. The molecule has 0 saturated carbocycles. The number of hydrogen-bond acceptors (Lipinski definition) is 4. The van der Waals surface area contributed by atoms with E-state index in [1.807, 2.05) is 0 Å². The molecule has 0 spiro atoms. The monoisotopic (exact) mass is 117 g/mol. The lowest BCUT2D eigenvalue weighted by atomic mass is 10.7. The van der Waals surface area contributed by atoms with Crippen molar-refractivity contribution in [2.75, 3.05) is 5.75 Å². The van der Waals surface area contributed by atoms with Crippen LogP contribution in [-0.4, -0.2) is 11.7 Å². The van der Waals surface area contributed by atoms with Gasteiger partial charge in [0.15, 0.2) is 0 Å². The van der Waals surface area contributed by atoms with Crippen LogP contribution in [-0.2, 0) is 4.79 Å². The molecule has 0 atom stereocenters. The van der Waals surface area contributed by atoms with Gasteiger partial charge in [-0.05, 0) is 0 Å². The molecule has 0 aromatic heterocycles. The molecular weight excluding hydrogens is 114 g/mol. The molecule has 1 heterocycles. The summed E-state index contributed by atoms with van der Waals surface area (Å²) < 4.78 is 3.44. The molecule has 0 aromatic carbocycles. The number of carbonyl (C=O) groups is 1. The third kappa shape index (κ3) is 1.15. The summed E-state index contributed by atoms with van der Waals surface area (Å²) in [5.74, 6) is 0.309. The third-order valence-corrected chi connectivity index (χ3v) is 1.06. The Hall–Kier alpha value is -0.580. The summed E-state index contributed by atoms with van der Waals surface area (Å²) in [5, 5.41) is 3.25. The fourth-order valence-corrected chi connectivity index (χ4v) is 0.563. The second-order valence-electron chi connectivity index (χ2n) is 0.990. The Kier molecular flexibility index (Phi) is 1.26. The molecule has 0 fully saturated rings. The van der Waals surface area contributed by atoms with Crippen molar-refractivity contribution in [1.82, 2.24) is 5.43 Å². The van der Waals surface area contributed by atoms with Gasteiger partial charge in [-0.25, -0.2) is 5.43 Å². The van der Waals surface area contributed by atoms with E-state index in [9.17, 15) is 4.79 Å². The zero-order valence-electron chi connectivity index (χ0n) is 3.42. The van der Waals surface area contributed by atoms with Gasteiger partial charge < -0.3 is 0 Å². The highest BCUT2D eigenvalue weighted by Gasteiger charge is 2.02. The number of carbonyl (C=O) groups excluding carboxylic acids is 1. The van der Waals surface area contributed by atoms with E-state index in [2.05, 4.69) is 15.2 Å². The Morgan fingerprint density at radius 2 is 2.71 bits per heavy atom. The highest BCUT2D eigenvalue weighted by molar-refractivity contribution is 7.98. The molecule has 4 nitrogen and oxygen atoms in total. The highest BCUT2D eigenvalue weighted by Crippen LogP contribution is 2.03. The summed E-state index contributed by atoms with van der Waals surface area (Å²) in [4.78, 5) is 10.2. The van der Waals surface area contributed by atoms with Gasteiger partial charge in [-0.3, -0.25) is 4.79 Å². The van der Waals surface area contributed by atoms with E-state index >= 15 is 0 Å². The zero-order chi connectivity index (χ0) is 5.11. The van der Waals surface area contributed by atoms with Crippen molar-refractivity contribution < 1.29 is 4.79 Å². The van der Waals surface area contributed by atoms with E-state index in [-0.39, 0.29) is 5.91 Å². The molecule has 0 bridgehead atoms. The van der Waals surface area contributed by atoms with Gasteiger partial charge in [-0.1, -0.05) is 9.74 Å². The van der Waals surface area contributed by atoms with Gasteiger partial charge in [-0.2, -0.15) is 0 Å². The van der Waals surface area contributed by atoms with Gasteiger partial charge >= 0.3 is 0 Å². The van der Waals surface area contributed by atoms with Crippen LogP contribution >= 0.6 is 11.9 Å². The Morgan fingerprint density at radius 1 is 1.86 bits per heavy atom. The van der Waals surface area contributed by atoms with Crippen molar-refractivity contribution in [1.29, 1.82) is 0 Å². The smallest absolute Gasteiger partial charge is 0.253 e. The van der Waals surface area contributed by atoms with E-state index in [4.69, 9.17) is 0 Å². The van der Waals surface area contributed by atoms with Gasteiger partial charge in [0, 0.05) is 11.9 Å². The van der Waals surface area contributed by atoms with Gasteiger partial charge in [0.1, 0.15) is 0 Å². The lowest BCUT2D eigenvalue weighted by Gasteiger charge is -1.97. The normalized spacial score (nSPS) is 19.1. The average molecular weight is 117 g/mol. The molecule has 0 radical (unpaired) electrons. The maximum atomic E-state index is 10.2. The van der Waals surface area contributed by atoms with Crippen molar-refractivity contribution in [3.63, 3.8) is 0 Å². The first-order chi connectivity index (χ1) is 3.39. The number of amides is 1. The van der Waals surface area contributed by atoms with Crippen LogP contribution in [0.2, 0.25) is 0 Å². The van der Waals surface area contributed by atoms with Gasteiger partial charge in [0.05, 0.1) is 5.75 Å². The molecule has 38 valence electrons. The number of hydrogen-bond donors (Lipinski definition) is 1. The Morgan fingerprint density at radius 3 is 3.00 bits per heavy atom. The molecule has 0 unspecified atom stereocenters. The molecule has 7 heavy (non-hydrogen) atoms. The molecule has 1 amide bonds. The maximum Gasteiger partial charge on any atom is 0.253 e. The first-order valence-corrected chi connectivity index (χ1v) is 2.65. The maximum absolute atomic E-state index is 10.2. The standard InChI is InChI=1S/C2H3N3OS/c6-2-1-7-5-4-3-2/h1H2,(H,3,5,6). The summed E-state index contributed by atoms with van der Waals surface area (Å²) in [7, 11) is 0.